The molecule has 20 heteroatoms. The summed E-state index contributed by atoms with van der Waals surface area (Å²) in [4.78, 5) is 34.9. The minimum absolute atomic E-state index is 0.166. The SMILES string of the molecule is O=C(CC(F)(F)F)OCC1(COC(=O)CC(F)(F)F)COC2(CCCCC2OC(=O)C(F)(F)S(=O)(=O)O)OC1. The molecule has 0 aromatic rings. The third-order valence-corrected chi connectivity index (χ3v) is 6.37. The monoisotopic (exact) mass is 610 g/mol. The van der Waals surface area contributed by atoms with Gasteiger partial charge in [-0.15, -0.1) is 0 Å². The van der Waals surface area contributed by atoms with E-state index >= 15 is 0 Å². The normalized spacial score (nSPS) is 21.7. The first-order valence-corrected chi connectivity index (χ1v) is 12.3. The van der Waals surface area contributed by atoms with Gasteiger partial charge in [-0.3, -0.25) is 14.1 Å². The van der Waals surface area contributed by atoms with Crippen molar-refractivity contribution in [2.24, 2.45) is 5.41 Å². The molecule has 0 aromatic carbocycles. The zero-order valence-corrected chi connectivity index (χ0v) is 20.4. The Bertz CT molecular complexity index is 983. The first-order valence-electron chi connectivity index (χ1n) is 10.9. The van der Waals surface area contributed by atoms with E-state index in [4.69, 9.17) is 14.0 Å². The predicted octanol–water partition coefficient (Wildman–Crippen LogP) is 2.67. The zero-order valence-electron chi connectivity index (χ0n) is 19.6. The van der Waals surface area contributed by atoms with Gasteiger partial charge < -0.3 is 23.7 Å². The van der Waals surface area contributed by atoms with Crippen LogP contribution in [0.2, 0.25) is 0 Å². The molecule has 39 heavy (non-hydrogen) atoms. The fraction of sp³-hybridized carbons (Fsp3) is 0.842. The van der Waals surface area contributed by atoms with Crippen molar-refractivity contribution in [2.75, 3.05) is 26.4 Å². The molecule has 1 aliphatic carbocycles. The molecule has 2 fully saturated rings. The van der Waals surface area contributed by atoms with Crippen molar-refractivity contribution in [3.63, 3.8) is 0 Å². The van der Waals surface area contributed by atoms with Crippen LogP contribution in [0.1, 0.15) is 38.5 Å². The van der Waals surface area contributed by atoms with E-state index in [9.17, 15) is 57.9 Å². The molecule has 1 aliphatic heterocycles. The van der Waals surface area contributed by atoms with Gasteiger partial charge in [-0.1, -0.05) is 0 Å². The summed E-state index contributed by atoms with van der Waals surface area (Å²) in [5, 5.41) is -5.36. The van der Waals surface area contributed by atoms with E-state index in [2.05, 4.69) is 14.2 Å². The molecule has 226 valence electrons. The standard InChI is InChI=1S/C19H22F8O11S/c20-17(21,22)5-12(28)34-7-15(8-35-13(29)6-18(23,24)25)9-36-16(37-10-15)4-2-1-3-11(16)38-14(30)19(26,27)39(31,32)33/h11H,1-10H2,(H,31,32,33). The average molecular weight is 610 g/mol. The molecule has 1 heterocycles. The molecule has 0 amide bonds. The van der Waals surface area contributed by atoms with Gasteiger partial charge in [0.05, 0.1) is 18.6 Å². The van der Waals surface area contributed by atoms with E-state index in [0.717, 1.165) is 0 Å². The van der Waals surface area contributed by atoms with Gasteiger partial charge in [0.15, 0.2) is 6.10 Å². The lowest BCUT2D eigenvalue weighted by atomic mass is 9.86. The summed E-state index contributed by atoms with van der Waals surface area (Å²) in [5.74, 6) is -8.29. The van der Waals surface area contributed by atoms with E-state index < -0.39 is 102 Å². The maximum absolute atomic E-state index is 13.7. The van der Waals surface area contributed by atoms with E-state index in [1.54, 1.807) is 0 Å². The van der Waals surface area contributed by atoms with Crippen LogP contribution in [-0.2, 0) is 48.2 Å². The molecule has 1 N–H and O–H groups in total. The second-order valence-electron chi connectivity index (χ2n) is 8.93. The van der Waals surface area contributed by atoms with Crippen molar-refractivity contribution in [3.8, 4) is 0 Å². The Labute approximate surface area is 214 Å². The maximum Gasteiger partial charge on any atom is 0.465 e. The maximum atomic E-state index is 13.7. The van der Waals surface area contributed by atoms with Crippen LogP contribution < -0.4 is 0 Å². The summed E-state index contributed by atoms with van der Waals surface area (Å²) in [6.07, 6.45) is -15.6. The molecule has 11 nitrogen and oxygen atoms in total. The molecule has 2 rings (SSSR count). The van der Waals surface area contributed by atoms with E-state index in [-0.39, 0.29) is 25.7 Å². The van der Waals surface area contributed by atoms with Crippen LogP contribution >= 0.6 is 0 Å². The fourth-order valence-electron chi connectivity index (χ4n) is 3.60. The van der Waals surface area contributed by atoms with Gasteiger partial charge in [0.2, 0.25) is 5.79 Å². The molecule has 1 spiro atoms. The van der Waals surface area contributed by atoms with Gasteiger partial charge in [0.1, 0.15) is 26.1 Å². The van der Waals surface area contributed by atoms with Crippen molar-refractivity contribution in [1.29, 1.82) is 0 Å². The van der Waals surface area contributed by atoms with Crippen LogP contribution in [0.3, 0.4) is 0 Å². The number of rotatable bonds is 9. The summed E-state index contributed by atoms with van der Waals surface area (Å²) in [7, 11) is -6.22. The molecule has 1 saturated carbocycles. The van der Waals surface area contributed by atoms with Crippen LogP contribution in [-0.4, -0.2) is 86.8 Å². The molecule has 1 atom stereocenters. The second kappa shape index (κ2) is 11.7. The number of alkyl halides is 8. The highest BCUT2D eigenvalue weighted by molar-refractivity contribution is 7.87. The Balaban J connectivity index is 2.20. The van der Waals surface area contributed by atoms with Crippen LogP contribution in [0.4, 0.5) is 35.1 Å². The predicted molar refractivity (Wildman–Crippen MR) is 105 cm³/mol. The van der Waals surface area contributed by atoms with Crippen molar-refractivity contribution in [2.45, 2.75) is 68.0 Å². The largest absolute Gasteiger partial charge is 0.465 e. The van der Waals surface area contributed by atoms with Crippen LogP contribution in [0.5, 0.6) is 0 Å². The number of ether oxygens (including phenoxy) is 5. The number of carbonyl (C=O) groups excluding carboxylic acids is 3. The topological polar surface area (TPSA) is 152 Å². The van der Waals surface area contributed by atoms with Crippen LogP contribution in [0, 0.1) is 5.41 Å². The van der Waals surface area contributed by atoms with Gasteiger partial charge in [-0.2, -0.15) is 43.5 Å². The minimum atomic E-state index is -6.22. The molecule has 1 saturated heterocycles. The molecular formula is C19H22F8O11S. The molecule has 1 unspecified atom stereocenters. The summed E-state index contributed by atoms with van der Waals surface area (Å²) >= 11 is 0. The number of hydrogen-bond donors (Lipinski definition) is 1. The number of halogens is 8. The summed E-state index contributed by atoms with van der Waals surface area (Å²) in [6, 6.07) is 0. The van der Waals surface area contributed by atoms with Crippen molar-refractivity contribution in [1.82, 2.24) is 0 Å². The van der Waals surface area contributed by atoms with Gasteiger partial charge in [0, 0.05) is 6.42 Å². The van der Waals surface area contributed by atoms with E-state index in [1.807, 2.05) is 0 Å². The third kappa shape index (κ3) is 9.10. The Morgan fingerprint density at radius 2 is 1.31 bits per heavy atom. The lowest BCUT2D eigenvalue weighted by Gasteiger charge is -2.49. The van der Waals surface area contributed by atoms with Crippen LogP contribution in [0.15, 0.2) is 0 Å². The minimum Gasteiger partial charge on any atom is -0.465 e. The number of esters is 3. The van der Waals surface area contributed by atoms with Gasteiger partial charge in [-0.25, -0.2) is 4.79 Å². The molecule has 0 bridgehead atoms. The fourth-order valence-corrected chi connectivity index (χ4v) is 3.86. The number of carbonyl (C=O) groups is 3. The molecule has 2 aliphatic rings. The average Bonchev–Trinajstić information content (AvgIpc) is 2.76. The Morgan fingerprint density at radius 3 is 1.72 bits per heavy atom. The van der Waals surface area contributed by atoms with Gasteiger partial charge >= 0.3 is 45.6 Å². The zero-order chi connectivity index (χ0) is 29.9. The molecule has 0 aromatic heterocycles. The summed E-state index contributed by atoms with van der Waals surface area (Å²) in [6.45, 7) is -3.56. The summed E-state index contributed by atoms with van der Waals surface area (Å²) in [5.41, 5.74) is -1.88. The van der Waals surface area contributed by atoms with Crippen molar-refractivity contribution >= 4 is 28.0 Å². The van der Waals surface area contributed by atoms with E-state index in [0.29, 0.717) is 0 Å². The third-order valence-electron chi connectivity index (χ3n) is 5.56. The van der Waals surface area contributed by atoms with Crippen molar-refractivity contribution < 1.29 is 86.2 Å². The highest BCUT2D eigenvalue weighted by atomic mass is 32.2. The Morgan fingerprint density at radius 1 is 0.846 bits per heavy atom. The van der Waals surface area contributed by atoms with E-state index in [1.165, 1.54) is 0 Å². The van der Waals surface area contributed by atoms with Gasteiger partial charge in [-0.05, 0) is 19.3 Å². The lowest BCUT2D eigenvalue weighted by Crippen LogP contribution is -2.61. The first kappa shape index (κ1) is 32.9. The van der Waals surface area contributed by atoms with Gasteiger partial charge in [0.25, 0.3) is 0 Å². The smallest absolute Gasteiger partial charge is 0.465 e. The molecular weight excluding hydrogens is 588 g/mol. The first-order chi connectivity index (χ1) is 17.6. The quantitative estimate of drug-likeness (QED) is 0.178. The summed E-state index contributed by atoms with van der Waals surface area (Å²) < 4.78 is 157. The molecule has 0 radical (unpaired) electrons. The van der Waals surface area contributed by atoms with Crippen molar-refractivity contribution in [3.05, 3.63) is 0 Å². The van der Waals surface area contributed by atoms with Crippen LogP contribution in [0.25, 0.3) is 0 Å². The highest BCUT2D eigenvalue weighted by Gasteiger charge is 2.58. The lowest BCUT2D eigenvalue weighted by molar-refractivity contribution is -0.354. The number of hydrogen-bond acceptors (Lipinski definition) is 10. The highest BCUT2D eigenvalue weighted by Crippen LogP contribution is 2.42. The Kier molecular flexibility index (Phi) is 9.83. The second-order valence-corrected chi connectivity index (χ2v) is 10.4. The Hall–Kier alpha value is -2.32.